The highest BCUT2D eigenvalue weighted by molar-refractivity contribution is 5.36. The molecule has 4 rings (SSSR count). The van der Waals surface area contributed by atoms with E-state index in [1.807, 2.05) is 0 Å². The third kappa shape index (κ3) is 4.34. The fourth-order valence-electron chi connectivity index (χ4n) is 4.81. The molecule has 1 aromatic carbocycles. The van der Waals surface area contributed by atoms with Crippen LogP contribution in [0.2, 0.25) is 0 Å². The molecule has 2 aromatic rings. The first-order valence-corrected chi connectivity index (χ1v) is 10.4. The van der Waals surface area contributed by atoms with Crippen molar-refractivity contribution in [2.45, 2.75) is 56.2 Å². The highest BCUT2D eigenvalue weighted by atomic mass is 19.4. The largest absolute Gasteiger partial charge is 0.476 e. The Morgan fingerprint density at radius 3 is 2.73 bits per heavy atom. The van der Waals surface area contributed by atoms with Crippen LogP contribution in [0.3, 0.4) is 0 Å². The molecule has 2 aliphatic carbocycles. The molecule has 8 heteroatoms. The maximum atomic E-state index is 12.9. The molecule has 3 N–H and O–H groups in total. The Morgan fingerprint density at radius 1 is 1.27 bits per heavy atom. The smallest absolute Gasteiger partial charge is 0.433 e. The number of ether oxygens (including phenoxy) is 1. The Hall–Kier alpha value is -2.06. The monoisotopic (exact) mass is 423 g/mol. The summed E-state index contributed by atoms with van der Waals surface area (Å²) in [6.45, 7) is 0.376. The first-order valence-electron chi connectivity index (χ1n) is 10.4. The molecular formula is C22H28F3N3O2. The van der Waals surface area contributed by atoms with Crippen molar-refractivity contribution < 1.29 is 23.0 Å². The minimum Gasteiger partial charge on any atom is -0.476 e. The molecule has 1 saturated carbocycles. The lowest BCUT2D eigenvalue weighted by Gasteiger charge is -2.26. The van der Waals surface area contributed by atoms with E-state index in [0.29, 0.717) is 12.5 Å². The summed E-state index contributed by atoms with van der Waals surface area (Å²) in [5.41, 5.74) is 8.85. The summed E-state index contributed by atoms with van der Waals surface area (Å²) in [6, 6.07) is 7.54. The Morgan fingerprint density at radius 2 is 2.07 bits per heavy atom. The van der Waals surface area contributed by atoms with Crippen LogP contribution in [0.5, 0.6) is 5.88 Å². The average Bonchev–Trinajstić information content (AvgIpc) is 3.29. The van der Waals surface area contributed by atoms with E-state index >= 15 is 0 Å². The lowest BCUT2D eigenvalue weighted by atomic mass is 9.82. The fraction of sp³-hybridized carbons (Fsp3) is 0.591. The predicted octanol–water partition coefficient (Wildman–Crippen LogP) is 3.58. The second kappa shape index (κ2) is 7.89. The van der Waals surface area contributed by atoms with Crippen LogP contribution in [0.15, 0.2) is 24.3 Å². The number of rotatable bonds is 5. The third-order valence-corrected chi connectivity index (χ3v) is 6.61. The summed E-state index contributed by atoms with van der Waals surface area (Å²) < 4.78 is 45.1. The molecule has 0 spiro atoms. The van der Waals surface area contributed by atoms with E-state index in [2.05, 4.69) is 23.3 Å². The molecular weight excluding hydrogens is 395 g/mol. The molecule has 0 bridgehead atoms. The van der Waals surface area contributed by atoms with Crippen LogP contribution in [-0.4, -0.2) is 33.6 Å². The van der Waals surface area contributed by atoms with Crippen molar-refractivity contribution in [1.29, 1.82) is 0 Å². The summed E-state index contributed by atoms with van der Waals surface area (Å²) >= 11 is 0. The lowest BCUT2D eigenvalue weighted by molar-refractivity contribution is -0.143. The van der Waals surface area contributed by atoms with Crippen molar-refractivity contribution in [1.82, 2.24) is 9.78 Å². The van der Waals surface area contributed by atoms with E-state index in [0.717, 1.165) is 49.3 Å². The molecule has 0 aliphatic heterocycles. The van der Waals surface area contributed by atoms with Crippen LogP contribution in [-0.2, 0) is 26.1 Å². The topological polar surface area (TPSA) is 73.3 Å². The molecule has 164 valence electrons. The van der Waals surface area contributed by atoms with Crippen LogP contribution >= 0.6 is 0 Å². The zero-order valence-corrected chi connectivity index (χ0v) is 17.1. The first-order chi connectivity index (χ1) is 14.2. The molecule has 5 nitrogen and oxygen atoms in total. The van der Waals surface area contributed by atoms with Crippen LogP contribution in [0.25, 0.3) is 0 Å². The van der Waals surface area contributed by atoms with Gasteiger partial charge in [0.05, 0.1) is 13.2 Å². The quantitative estimate of drug-likeness (QED) is 0.771. The van der Waals surface area contributed by atoms with Crippen molar-refractivity contribution in [2.24, 2.45) is 18.7 Å². The molecule has 2 aliphatic rings. The Kier molecular flexibility index (Phi) is 5.57. The number of aliphatic hydroxyl groups is 1. The SMILES string of the molecule is Cn1nc(OCC2CCc3cc([C@H]4CC[C@](N)(CO)C4)ccc3C2)cc1C(F)(F)F. The van der Waals surface area contributed by atoms with Crippen LogP contribution in [0, 0.1) is 5.92 Å². The number of fused-ring (bicyclic) bond motifs is 1. The van der Waals surface area contributed by atoms with Gasteiger partial charge in [-0.3, -0.25) is 4.68 Å². The van der Waals surface area contributed by atoms with E-state index in [1.54, 1.807) is 0 Å². The minimum absolute atomic E-state index is 0.0151. The molecule has 1 unspecified atom stereocenters. The average molecular weight is 423 g/mol. The highest BCUT2D eigenvalue weighted by Crippen LogP contribution is 2.40. The van der Waals surface area contributed by atoms with Gasteiger partial charge in [0, 0.05) is 18.7 Å². The van der Waals surface area contributed by atoms with E-state index in [4.69, 9.17) is 10.5 Å². The Bertz CT molecular complexity index is 912. The number of nitrogens with two attached hydrogens (primary N) is 1. The number of benzene rings is 1. The number of aromatic nitrogens is 2. The molecule has 0 amide bonds. The molecule has 0 saturated heterocycles. The van der Waals surface area contributed by atoms with Gasteiger partial charge in [-0.05, 0) is 67.1 Å². The summed E-state index contributed by atoms with van der Waals surface area (Å²) in [4.78, 5) is 0. The number of aliphatic hydroxyl groups excluding tert-OH is 1. The van der Waals surface area contributed by atoms with Crippen molar-refractivity contribution in [3.63, 3.8) is 0 Å². The summed E-state index contributed by atoms with van der Waals surface area (Å²) in [6.07, 6.45) is 0.903. The molecule has 0 radical (unpaired) electrons. The maximum Gasteiger partial charge on any atom is 0.433 e. The molecule has 1 aromatic heterocycles. The normalized spacial score (nSPS) is 26.6. The van der Waals surface area contributed by atoms with Gasteiger partial charge in [0.15, 0.2) is 0 Å². The summed E-state index contributed by atoms with van der Waals surface area (Å²) in [5.74, 6) is 0.652. The third-order valence-electron chi connectivity index (χ3n) is 6.61. The van der Waals surface area contributed by atoms with Gasteiger partial charge in [0.1, 0.15) is 5.69 Å². The van der Waals surface area contributed by atoms with E-state index < -0.39 is 17.4 Å². The number of hydrogen-bond acceptors (Lipinski definition) is 4. The predicted molar refractivity (Wildman–Crippen MR) is 106 cm³/mol. The van der Waals surface area contributed by atoms with Gasteiger partial charge >= 0.3 is 6.18 Å². The zero-order valence-electron chi connectivity index (χ0n) is 17.1. The van der Waals surface area contributed by atoms with E-state index in [1.165, 1.54) is 23.7 Å². The Balaban J connectivity index is 1.37. The van der Waals surface area contributed by atoms with Crippen LogP contribution < -0.4 is 10.5 Å². The fourth-order valence-corrected chi connectivity index (χ4v) is 4.81. The van der Waals surface area contributed by atoms with E-state index in [9.17, 15) is 18.3 Å². The highest BCUT2D eigenvalue weighted by Gasteiger charge is 2.37. The minimum atomic E-state index is -4.44. The van der Waals surface area contributed by atoms with Gasteiger partial charge in [-0.1, -0.05) is 18.2 Å². The van der Waals surface area contributed by atoms with Crippen molar-refractivity contribution in [2.75, 3.05) is 13.2 Å². The van der Waals surface area contributed by atoms with Crippen molar-refractivity contribution in [3.05, 3.63) is 46.6 Å². The molecule has 30 heavy (non-hydrogen) atoms. The van der Waals surface area contributed by atoms with Crippen molar-refractivity contribution >= 4 is 0 Å². The standard InChI is InChI=1S/C22H28F3N3O2/c1-28-19(22(23,24)25)10-20(27-28)30-12-14-2-3-16-9-17(5-4-15(16)8-14)18-6-7-21(26,11-18)13-29/h4-5,9-10,14,18,29H,2-3,6-8,11-13,26H2,1H3/t14?,18-,21+/m0/s1. The van der Waals surface area contributed by atoms with Crippen LogP contribution in [0.4, 0.5) is 13.2 Å². The molecule has 1 fully saturated rings. The number of alkyl halides is 3. The van der Waals surface area contributed by atoms with Gasteiger partial charge in [-0.15, -0.1) is 5.10 Å². The number of halogens is 3. The number of nitrogens with zero attached hydrogens (tertiary/aromatic N) is 2. The summed E-state index contributed by atoms with van der Waals surface area (Å²) in [5, 5.41) is 13.3. The van der Waals surface area contributed by atoms with Gasteiger partial charge in [-0.25, -0.2) is 0 Å². The lowest BCUT2D eigenvalue weighted by Crippen LogP contribution is -2.40. The first kappa shape index (κ1) is 21.2. The Labute approximate surface area is 174 Å². The zero-order chi connectivity index (χ0) is 21.5. The van der Waals surface area contributed by atoms with Gasteiger partial charge in [0.25, 0.3) is 0 Å². The maximum absolute atomic E-state index is 12.9. The summed E-state index contributed by atoms with van der Waals surface area (Å²) in [7, 11) is 1.27. The second-order valence-corrected chi connectivity index (χ2v) is 8.90. The number of hydrogen-bond donors (Lipinski definition) is 2. The van der Waals surface area contributed by atoms with Gasteiger partial charge in [-0.2, -0.15) is 13.2 Å². The number of aryl methyl sites for hydroxylation is 2. The van der Waals surface area contributed by atoms with Crippen molar-refractivity contribution in [3.8, 4) is 5.88 Å². The molecule has 1 heterocycles. The van der Waals surface area contributed by atoms with Gasteiger partial charge in [0.2, 0.25) is 5.88 Å². The van der Waals surface area contributed by atoms with Gasteiger partial charge < -0.3 is 15.6 Å². The molecule has 3 atom stereocenters. The van der Waals surface area contributed by atoms with E-state index in [-0.39, 0.29) is 18.4 Å². The van der Waals surface area contributed by atoms with Crippen LogP contribution in [0.1, 0.15) is 54.0 Å². The second-order valence-electron chi connectivity index (χ2n) is 8.90.